The van der Waals surface area contributed by atoms with Gasteiger partial charge in [-0.25, -0.2) is 0 Å². The minimum Gasteiger partial charge on any atom is -0.469 e. The van der Waals surface area contributed by atoms with Gasteiger partial charge < -0.3 is 9.47 Å². The van der Waals surface area contributed by atoms with E-state index in [1.165, 1.54) is 7.11 Å². The highest BCUT2D eigenvalue weighted by Gasteiger charge is 2.31. The van der Waals surface area contributed by atoms with Crippen molar-refractivity contribution < 1.29 is 19.1 Å². The number of hydrogen-bond donors (Lipinski definition) is 0. The topological polar surface area (TPSA) is 55.8 Å². The summed E-state index contributed by atoms with van der Waals surface area (Å²) in [4.78, 5) is 24.8. The molecule has 100 valence electrons. The van der Waals surface area contributed by atoms with Crippen LogP contribution in [-0.4, -0.2) is 50.2 Å². The summed E-state index contributed by atoms with van der Waals surface area (Å²) in [6, 6.07) is 0. The maximum absolute atomic E-state index is 11.5. The summed E-state index contributed by atoms with van der Waals surface area (Å²) in [6.45, 7) is 9.02. The molecule has 0 saturated heterocycles. The predicted molar refractivity (Wildman–Crippen MR) is 64.5 cm³/mol. The first kappa shape index (κ1) is 15.9. The minimum atomic E-state index is -0.628. The molecule has 0 saturated carbocycles. The fourth-order valence-electron chi connectivity index (χ4n) is 1.57. The van der Waals surface area contributed by atoms with Crippen molar-refractivity contribution in [2.75, 3.05) is 33.4 Å². The Morgan fingerprint density at radius 2 is 1.82 bits per heavy atom. The number of carbonyl (C=O) groups excluding carboxylic acids is 2. The van der Waals surface area contributed by atoms with Crippen LogP contribution in [0.4, 0.5) is 0 Å². The Morgan fingerprint density at radius 1 is 1.24 bits per heavy atom. The van der Waals surface area contributed by atoms with Crippen LogP contribution in [-0.2, 0) is 19.1 Å². The zero-order valence-corrected chi connectivity index (χ0v) is 11.4. The largest absolute Gasteiger partial charge is 0.469 e. The fourth-order valence-corrected chi connectivity index (χ4v) is 1.57. The van der Waals surface area contributed by atoms with Crippen molar-refractivity contribution in [3.63, 3.8) is 0 Å². The summed E-state index contributed by atoms with van der Waals surface area (Å²) < 4.78 is 9.61. The van der Waals surface area contributed by atoms with Crippen molar-refractivity contribution >= 4 is 11.9 Å². The number of methoxy groups -OCH3 is 1. The number of nitrogens with zero attached hydrogens (tertiary/aromatic N) is 1. The van der Waals surface area contributed by atoms with Crippen LogP contribution in [0.1, 0.15) is 27.7 Å². The predicted octanol–water partition coefficient (Wildman–Crippen LogP) is 1.07. The Balaban J connectivity index is 4.39. The van der Waals surface area contributed by atoms with Crippen LogP contribution in [0.15, 0.2) is 0 Å². The normalized spacial score (nSPS) is 11.4. The van der Waals surface area contributed by atoms with Gasteiger partial charge in [0.15, 0.2) is 0 Å². The molecule has 0 unspecified atom stereocenters. The van der Waals surface area contributed by atoms with Gasteiger partial charge in [-0.05, 0) is 27.3 Å². The van der Waals surface area contributed by atoms with Crippen LogP contribution in [0.2, 0.25) is 0 Å². The first-order chi connectivity index (χ1) is 7.87. The van der Waals surface area contributed by atoms with Gasteiger partial charge in [-0.1, -0.05) is 6.92 Å². The number of hydrogen-bond acceptors (Lipinski definition) is 5. The lowest BCUT2D eigenvalue weighted by molar-refractivity contribution is -0.153. The molecular formula is C12H23NO4. The molecule has 0 bridgehead atoms. The average molecular weight is 245 g/mol. The van der Waals surface area contributed by atoms with Gasteiger partial charge in [-0.15, -0.1) is 0 Å². The highest BCUT2D eigenvalue weighted by molar-refractivity contribution is 5.76. The molecule has 0 spiro atoms. The molecule has 5 heteroatoms. The molecule has 0 aliphatic rings. The number of likely N-dealkylation sites (N-methyl/N-ethyl adjacent to an activating group) is 1. The molecule has 0 aliphatic carbocycles. The standard InChI is InChI=1S/C12H23NO4/c1-6-13(8-10(14)17-7-2)9-12(3,4)11(15)16-5/h6-9H2,1-5H3. The average Bonchev–Trinajstić information content (AvgIpc) is 2.26. The molecule has 5 nitrogen and oxygen atoms in total. The molecule has 0 radical (unpaired) electrons. The summed E-state index contributed by atoms with van der Waals surface area (Å²) in [5.74, 6) is -0.546. The van der Waals surface area contributed by atoms with Crippen molar-refractivity contribution in [2.45, 2.75) is 27.7 Å². The molecule has 0 aromatic heterocycles. The van der Waals surface area contributed by atoms with Crippen molar-refractivity contribution in [3.8, 4) is 0 Å². The van der Waals surface area contributed by atoms with Gasteiger partial charge in [0.05, 0.1) is 25.7 Å². The van der Waals surface area contributed by atoms with Crippen LogP contribution in [0.5, 0.6) is 0 Å². The van der Waals surface area contributed by atoms with E-state index in [1.807, 2.05) is 11.8 Å². The molecule has 0 N–H and O–H groups in total. The maximum Gasteiger partial charge on any atom is 0.320 e. The fraction of sp³-hybridized carbons (Fsp3) is 0.833. The summed E-state index contributed by atoms with van der Waals surface area (Å²) in [7, 11) is 1.37. The summed E-state index contributed by atoms with van der Waals surface area (Å²) in [5, 5.41) is 0. The highest BCUT2D eigenvalue weighted by Crippen LogP contribution is 2.18. The number of rotatable bonds is 7. The zero-order valence-electron chi connectivity index (χ0n) is 11.4. The van der Waals surface area contributed by atoms with Crippen molar-refractivity contribution in [1.29, 1.82) is 0 Å². The second kappa shape index (κ2) is 7.27. The third-order valence-electron chi connectivity index (χ3n) is 2.46. The van der Waals surface area contributed by atoms with E-state index in [9.17, 15) is 9.59 Å². The maximum atomic E-state index is 11.5. The lowest BCUT2D eigenvalue weighted by Crippen LogP contribution is -2.42. The molecule has 0 fully saturated rings. The Bertz CT molecular complexity index is 263. The van der Waals surface area contributed by atoms with E-state index in [1.54, 1.807) is 20.8 Å². The van der Waals surface area contributed by atoms with Crippen LogP contribution < -0.4 is 0 Å². The smallest absolute Gasteiger partial charge is 0.320 e. The highest BCUT2D eigenvalue weighted by atomic mass is 16.5. The Labute approximate surface area is 103 Å². The summed E-state index contributed by atoms with van der Waals surface area (Å²) in [5.41, 5.74) is -0.628. The molecule has 0 rings (SSSR count). The quantitative estimate of drug-likeness (QED) is 0.628. The molecule has 17 heavy (non-hydrogen) atoms. The van der Waals surface area contributed by atoms with Gasteiger partial charge in [0.25, 0.3) is 0 Å². The van der Waals surface area contributed by atoms with E-state index in [-0.39, 0.29) is 18.5 Å². The van der Waals surface area contributed by atoms with Gasteiger partial charge in [-0.3, -0.25) is 14.5 Å². The van der Waals surface area contributed by atoms with Gasteiger partial charge in [0.2, 0.25) is 0 Å². The van der Waals surface area contributed by atoms with Gasteiger partial charge in [0.1, 0.15) is 0 Å². The van der Waals surface area contributed by atoms with E-state index >= 15 is 0 Å². The van der Waals surface area contributed by atoms with Crippen molar-refractivity contribution in [1.82, 2.24) is 4.90 Å². The SMILES string of the molecule is CCOC(=O)CN(CC)CC(C)(C)C(=O)OC. The lowest BCUT2D eigenvalue weighted by atomic mass is 9.93. The van der Waals surface area contributed by atoms with E-state index in [0.717, 1.165) is 0 Å². The second-order valence-corrected chi connectivity index (χ2v) is 4.48. The minimum absolute atomic E-state index is 0.199. The van der Waals surface area contributed by atoms with E-state index in [4.69, 9.17) is 9.47 Å². The molecule has 0 aliphatic heterocycles. The number of esters is 2. The molecule has 0 amide bonds. The van der Waals surface area contributed by atoms with Crippen molar-refractivity contribution in [2.24, 2.45) is 5.41 Å². The van der Waals surface area contributed by atoms with Gasteiger partial charge in [-0.2, -0.15) is 0 Å². The molecule has 0 aromatic rings. The van der Waals surface area contributed by atoms with Crippen LogP contribution in [0.25, 0.3) is 0 Å². The lowest BCUT2D eigenvalue weighted by Gasteiger charge is -2.29. The molecule has 0 aromatic carbocycles. The Kier molecular flexibility index (Phi) is 6.80. The monoisotopic (exact) mass is 245 g/mol. The number of ether oxygens (including phenoxy) is 2. The van der Waals surface area contributed by atoms with Crippen LogP contribution in [0.3, 0.4) is 0 Å². The first-order valence-corrected chi connectivity index (χ1v) is 5.83. The third-order valence-corrected chi connectivity index (χ3v) is 2.46. The third kappa shape index (κ3) is 5.68. The molecule has 0 heterocycles. The first-order valence-electron chi connectivity index (χ1n) is 5.83. The van der Waals surface area contributed by atoms with E-state index in [0.29, 0.717) is 19.7 Å². The Morgan fingerprint density at radius 3 is 2.24 bits per heavy atom. The molecular weight excluding hydrogens is 222 g/mol. The summed E-state index contributed by atoms with van der Waals surface area (Å²) >= 11 is 0. The second-order valence-electron chi connectivity index (χ2n) is 4.48. The number of carbonyl (C=O) groups is 2. The van der Waals surface area contributed by atoms with Gasteiger partial charge >= 0.3 is 11.9 Å². The van der Waals surface area contributed by atoms with Crippen molar-refractivity contribution in [3.05, 3.63) is 0 Å². The van der Waals surface area contributed by atoms with E-state index in [2.05, 4.69) is 0 Å². The van der Waals surface area contributed by atoms with E-state index < -0.39 is 5.41 Å². The molecule has 0 atom stereocenters. The zero-order chi connectivity index (χ0) is 13.5. The van der Waals surface area contributed by atoms with Crippen LogP contribution in [0, 0.1) is 5.41 Å². The Hall–Kier alpha value is -1.10. The van der Waals surface area contributed by atoms with Crippen LogP contribution >= 0.6 is 0 Å². The summed E-state index contributed by atoms with van der Waals surface area (Å²) in [6.07, 6.45) is 0. The van der Waals surface area contributed by atoms with Gasteiger partial charge in [0, 0.05) is 6.54 Å².